The highest BCUT2D eigenvalue weighted by atomic mass is 16.1. The van der Waals surface area contributed by atoms with Crippen molar-refractivity contribution in [3.63, 3.8) is 0 Å². The van der Waals surface area contributed by atoms with Gasteiger partial charge in [-0.2, -0.15) is 5.10 Å². The maximum Gasteiger partial charge on any atom is 0.267 e. The number of hydrogen-bond acceptors (Lipinski definition) is 5. The molecule has 3 aromatic heterocycles. The molecule has 4 heterocycles. The van der Waals surface area contributed by atoms with Crippen molar-refractivity contribution in [3.8, 4) is 0 Å². The van der Waals surface area contributed by atoms with Gasteiger partial charge < -0.3 is 4.90 Å². The van der Waals surface area contributed by atoms with Gasteiger partial charge >= 0.3 is 0 Å². The minimum Gasteiger partial charge on any atom is -0.356 e. The Bertz CT molecular complexity index is 1160. The number of rotatable bonds is 3. The van der Waals surface area contributed by atoms with E-state index in [0.29, 0.717) is 18.1 Å². The van der Waals surface area contributed by atoms with Crippen LogP contribution in [0.2, 0.25) is 0 Å². The molecule has 0 amide bonds. The average molecular weight is 391 g/mol. The van der Waals surface area contributed by atoms with Gasteiger partial charge in [0.05, 0.1) is 5.69 Å². The Labute approximate surface area is 168 Å². The number of hydrogen-bond donors (Lipinski definition) is 0. The summed E-state index contributed by atoms with van der Waals surface area (Å²) in [6, 6.07) is 8.98. The van der Waals surface area contributed by atoms with Crippen LogP contribution in [0.25, 0.3) is 5.65 Å². The summed E-state index contributed by atoms with van der Waals surface area (Å²) in [5.41, 5.74) is 2.88. The second kappa shape index (κ2) is 7.46. The highest BCUT2D eigenvalue weighted by Gasteiger charge is 2.23. The van der Waals surface area contributed by atoms with Crippen molar-refractivity contribution in [2.45, 2.75) is 45.1 Å². The van der Waals surface area contributed by atoms with Crippen LogP contribution in [0.3, 0.4) is 0 Å². The molecule has 7 nitrogen and oxygen atoms in total. The zero-order chi connectivity index (χ0) is 19.8. The molecule has 0 bridgehead atoms. The number of piperidine rings is 1. The topological polar surface area (TPSA) is 72.5 Å². The summed E-state index contributed by atoms with van der Waals surface area (Å²) in [4.78, 5) is 31.6. The summed E-state index contributed by atoms with van der Waals surface area (Å²) in [6.45, 7) is 2.34. The predicted octanol–water partition coefficient (Wildman–Crippen LogP) is 2.05. The first-order valence-electron chi connectivity index (χ1n) is 10.5. The quantitative estimate of drug-likeness (QED) is 0.683. The van der Waals surface area contributed by atoms with Crippen molar-refractivity contribution >= 4 is 11.5 Å². The molecule has 1 aliphatic carbocycles. The Hall–Kier alpha value is -2.96. The minimum atomic E-state index is -0.0578. The van der Waals surface area contributed by atoms with Gasteiger partial charge in [-0.15, -0.1) is 0 Å². The van der Waals surface area contributed by atoms with E-state index >= 15 is 0 Å². The Balaban J connectivity index is 1.29. The molecule has 0 N–H and O–H groups in total. The van der Waals surface area contributed by atoms with E-state index in [9.17, 15) is 9.59 Å². The zero-order valence-electron chi connectivity index (χ0n) is 16.5. The number of aryl methyl sites for hydroxylation is 2. The fourth-order valence-electron chi connectivity index (χ4n) is 4.52. The number of nitrogens with zero attached hydrogens (tertiary/aromatic N) is 5. The molecule has 1 fully saturated rings. The molecule has 0 saturated carbocycles. The van der Waals surface area contributed by atoms with E-state index in [1.165, 1.54) is 0 Å². The molecule has 0 unspecified atom stereocenters. The lowest BCUT2D eigenvalue weighted by Crippen LogP contribution is -2.38. The van der Waals surface area contributed by atoms with Crippen LogP contribution in [0.1, 0.15) is 36.9 Å². The van der Waals surface area contributed by atoms with Crippen LogP contribution in [0.4, 0.5) is 5.82 Å². The summed E-state index contributed by atoms with van der Waals surface area (Å²) in [5.74, 6) is 1.16. The van der Waals surface area contributed by atoms with Gasteiger partial charge in [0, 0.05) is 38.0 Å². The molecule has 0 radical (unpaired) electrons. The summed E-state index contributed by atoms with van der Waals surface area (Å²) >= 11 is 0. The summed E-state index contributed by atoms with van der Waals surface area (Å²) in [7, 11) is 0. The molecule has 2 aliphatic rings. The van der Waals surface area contributed by atoms with Crippen molar-refractivity contribution in [1.29, 1.82) is 0 Å². The highest BCUT2D eigenvalue weighted by molar-refractivity contribution is 5.48. The average Bonchev–Trinajstić information content (AvgIpc) is 2.75. The van der Waals surface area contributed by atoms with Crippen LogP contribution in [0.5, 0.6) is 0 Å². The van der Waals surface area contributed by atoms with Crippen LogP contribution in [0, 0.1) is 5.92 Å². The van der Waals surface area contributed by atoms with Crippen LogP contribution in [-0.4, -0.2) is 32.3 Å². The lowest BCUT2D eigenvalue weighted by molar-refractivity contribution is 0.331. The van der Waals surface area contributed by atoms with Crippen molar-refractivity contribution in [1.82, 2.24) is 19.2 Å². The lowest BCUT2D eigenvalue weighted by Gasteiger charge is -2.33. The Morgan fingerprint density at radius 2 is 1.83 bits per heavy atom. The van der Waals surface area contributed by atoms with E-state index < -0.39 is 0 Å². The molecular weight excluding hydrogens is 366 g/mol. The molecule has 0 spiro atoms. The third kappa shape index (κ3) is 3.57. The normalized spacial score (nSPS) is 17.4. The number of fused-ring (bicyclic) bond motifs is 2. The molecule has 150 valence electrons. The molecular formula is C22H25N5O2. The fraction of sp³-hybridized carbons (Fsp3) is 0.455. The van der Waals surface area contributed by atoms with Gasteiger partial charge in [-0.1, -0.05) is 6.07 Å². The van der Waals surface area contributed by atoms with Gasteiger partial charge in [-0.05, 0) is 62.1 Å². The SMILES string of the molecule is O=c1cc2c(nn1CC1CCN(c3cc(=O)n4ccccc4n3)CC1)CCCC2. The maximum atomic E-state index is 12.5. The number of aromatic nitrogens is 4. The van der Waals surface area contributed by atoms with Gasteiger partial charge in [-0.3, -0.25) is 14.0 Å². The smallest absolute Gasteiger partial charge is 0.267 e. The minimum absolute atomic E-state index is 0.0253. The van der Waals surface area contributed by atoms with Crippen LogP contribution >= 0.6 is 0 Å². The first kappa shape index (κ1) is 18.1. The van der Waals surface area contributed by atoms with Crippen molar-refractivity contribution in [2.24, 2.45) is 5.92 Å². The van der Waals surface area contributed by atoms with Crippen molar-refractivity contribution < 1.29 is 0 Å². The Morgan fingerprint density at radius 3 is 2.69 bits per heavy atom. The standard InChI is InChI=1S/C22H25N5O2/c28-21-14-20(23-19-7-3-4-10-26(19)21)25-11-8-16(9-12-25)15-27-22(29)13-17-5-1-2-6-18(17)24-27/h3-4,7,10,13-14,16H,1-2,5-6,8-9,11-12,15H2. The van der Waals surface area contributed by atoms with E-state index in [0.717, 1.165) is 68.7 Å². The van der Waals surface area contributed by atoms with Gasteiger partial charge in [0.15, 0.2) is 0 Å². The third-order valence-corrected chi connectivity index (χ3v) is 6.20. The van der Waals surface area contributed by atoms with E-state index in [1.807, 2.05) is 18.2 Å². The van der Waals surface area contributed by atoms with Crippen LogP contribution in [0.15, 0.2) is 46.1 Å². The van der Waals surface area contributed by atoms with Crippen molar-refractivity contribution in [3.05, 3.63) is 68.5 Å². The fourth-order valence-corrected chi connectivity index (χ4v) is 4.52. The second-order valence-corrected chi connectivity index (χ2v) is 8.16. The first-order valence-corrected chi connectivity index (χ1v) is 10.5. The van der Waals surface area contributed by atoms with E-state index in [4.69, 9.17) is 0 Å². The van der Waals surface area contributed by atoms with Gasteiger partial charge in [-0.25, -0.2) is 9.67 Å². The summed E-state index contributed by atoms with van der Waals surface area (Å²) < 4.78 is 3.23. The molecule has 29 heavy (non-hydrogen) atoms. The molecule has 1 aliphatic heterocycles. The van der Waals surface area contributed by atoms with Gasteiger partial charge in [0.2, 0.25) is 0 Å². The Morgan fingerprint density at radius 1 is 1.00 bits per heavy atom. The lowest BCUT2D eigenvalue weighted by atomic mass is 9.96. The monoisotopic (exact) mass is 391 g/mol. The van der Waals surface area contributed by atoms with E-state index in [2.05, 4.69) is 15.0 Å². The predicted molar refractivity (Wildman–Crippen MR) is 112 cm³/mol. The number of anilines is 1. The van der Waals surface area contributed by atoms with Gasteiger partial charge in [0.1, 0.15) is 11.5 Å². The summed E-state index contributed by atoms with van der Waals surface area (Å²) in [5, 5.41) is 4.66. The largest absolute Gasteiger partial charge is 0.356 e. The highest BCUT2D eigenvalue weighted by Crippen LogP contribution is 2.23. The van der Waals surface area contributed by atoms with Crippen LogP contribution < -0.4 is 16.0 Å². The molecule has 1 saturated heterocycles. The molecule has 3 aromatic rings. The van der Waals surface area contributed by atoms with Gasteiger partial charge in [0.25, 0.3) is 11.1 Å². The Kier molecular flexibility index (Phi) is 4.66. The number of pyridine rings is 1. The maximum absolute atomic E-state index is 12.5. The van der Waals surface area contributed by atoms with Crippen LogP contribution in [-0.2, 0) is 19.4 Å². The van der Waals surface area contributed by atoms with E-state index in [-0.39, 0.29) is 11.1 Å². The van der Waals surface area contributed by atoms with Crippen molar-refractivity contribution in [2.75, 3.05) is 18.0 Å². The van der Waals surface area contributed by atoms with E-state index in [1.54, 1.807) is 27.4 Å². The first-order chi connectivity index (χ1) is 14.2. The summed E-state index contributed by atoms with van der Waals surface area (Å²) in [6.07, 6.45) is 7.94. The molecule has 0 atom stereocenters. The third-order valence-electron chi connectivity index (χ3n) is 6.20. The second-order valence-electron chi connectivity index (χ2n) is 8.16. The zero-order valence-corrected chi connectivity index (χ0v) is 16.5. The molecule has 7 heteroatoms. The molecule has 5 rings (SSSR count). The molecule has 0 aromatic carbocycles.